The second-order valence-electron chi connectivity index (χ2n) is 5.84. The zero-order chi connectivity index (χ0) is 18.0. The Hall–Kier alpha value is -3.04. The number of hydrogen-bond donors (Lipinski definition) is 1. The molecule has 1 aliphatic rings. The van der Waals surface area contributed by atoms with Gasteiger partial charge in [0.05, 0.1) is 0 Å². The van der Waals surface area contributed by atoms with Crippen LogP contribution in [0.1, 0.15) is 11.3 Å². The summed E-state index contributed by atoms with van der Waals surface area (Å²) in [6, 6.07) is 12.4. The van der Waals surface area contributed by atoms with Crippen LogP contribution in [-0.4, -0.2) is 30.1 Å². The Kier molecular flexibility index (Phi) is 4.60. The van der Waals surface area contributed by atoms with Gasteiger partial charge in [-0.1, -0.05) is 0 Å². The van der Waals surface area contributed by atoms with E-state index < -0.39 is 0 Å². The van der Waals surface area contributed by atoms with Crippen LogP contribution in [0.3, 0.4) is 0 Å². The molecule has 1 aromatic carbocycles. The van der Waals surface area contributed by atoms with Crippen molar-refractivity contribution in [2.45, 2.75) is 13.0 Å². The van der Waals surface area contributed by atoms with Gasteiger partial charge in [0.15, 0.2) is 0 Å². The van der Waals surface area contributed by atoms with Crippen molar-refractivity contribution < 1.29 is 0 Å². The van der Waals surface area contributed by atoms with Crippen molar-refractivity contribution in [1.29, 1.82) is 5.26 Å². The Morgan fingerprint density at radius 3 is 2.80 bits per heavy atom. The molecule has 4 rings (SSSR count). The first kappa shape index (κ1) is 16.8. The van der Waals surface area contributed by atoms with Crippen LogP contribution in [0.5, 0.6) is 0 Å². The first-order valence-electron chi connectivity index (χ1n) is 7.85. The number of aromatic nitrogens is 2. The molecule has 0 saturated carbocycles. The Bertz CT molecular complexity index is 980. The third kappa shape index (κ3) is 3.02. The van der Waals surface area contributed by atoms with Crippen LogP contribution in [0.2, 0.25) is 0 Å². The monoisotopic (exact) mass is 326 g/mol. The minimum absolute atomic E-state index is 0.417. The summed E-state index contributed by atoms with van der Waals surface area (Å²) in [6.07, 6.45) is 2.63. The quantitative estimate of drug-likeness (QED) is 0.730. The van der Waals surface area contributed by atoms with Gasteiger partial charge in [-0.15, -0.1) is 0 Å². The van der Waals surface area contributed by atoms with Gasteiger partial charge in [-0.2, -0.15) is 0 Å². The minimum atomic E-state index is 0.417. The molecular weight excluding hydrogens is 309 g/mol. The van der Waals surface area contributed by atoms with Gasteiger partial charge < -0.3 is 0 Å². The predicted molar refractivity (Wildman–Crippen MR) is 102 cm³/mol. The molecule has 0 bridgehead atoms. The fourth-order valence-electron chi connectivity index (χ4n) is 2.98. The Balaban J connectivity index is 0.000000880. The second kappa shape index (κ2) is 6.84. The maximum atomic E-state index is 6.50. The summed E-state index contributed by atoms with van der Waals surface area (Å²) < 4.78 is 0. The van der Waals surface area contributed by atoms with E-state index in [0.717, 1.165) is 45.5 Å². The molecule has 1 aliphatic heterocycles. The normalized spacial score (nSPS) is 12.6. The molecule has 0 spiro atoms. The number of rotatable bonds is 2. The molecule has 0 atom stereocenters. The van der Waals surface area contributed by atoms with E-state index in [1.165, 1.54) is 5.56 Å². The van der Waals surface area contributed by atoms with Crippen molar-refractivity contribution in [1.82, 2.24) is 9.97 Å². The summed E-state index contributed by atoms with van der Waals surface area (Å²) in [5.74, 6) is 0. The molecule has 3 heterocycles. The number of anilines is 1. The molecule has 5 nitrogen and oxygen atoms in total. The number of nitriles is 1. The summed E-state index contributed by atoms with van der Waals surface area (Å²) in [5, 5.41) is 7.52. The zero-order valence-corrected chi connectivity index (χ0v) is 14.0. The van der Waals surface area contributed by atoms with Crippen molar-refractivity contribution in [3.8, 4) is 17.8 Å². The van der Waals surface area contributed by atoms with Gasteiger partial charge in [0.25, 0.3) is 0 Å². The van der Waals surface area contributed by atoms with Crippen LogP contribution in [0, 0.1) is 11.8 Å². The number of fused-ring (bicyclic) bond motifs is 2. The SMILES string of the molecule is C#N.[B]=C1Cc2ccc(-c3ccc4cnc(CN)cc4n3)cc2N1C. The van der Waals surface area contributed by atoms with Crippen molar-refractivity contribution in [2.24, 2.45) is 5.73 Å². The Morgan fingerprint density at radius 1 is 1.24 bits per heavy atom. The number of hydrogen-bond acceptors (Lipinski definition) is 5. The van der Waals surface area contributed by atoms with Gasteiger partial charge in [0, 0.05) is 6.57 Å². The summed E-state index contributed by atoms with van der Waals surface area (Å²) in [6.45, 7) is 3.92. The van der Waals surface area contributed by atoms with Crippen LogP contribution in [-0.2, 0) is 13.0 Å². The molecule has 121 valence electrons. The van der Waals surface area contributed by atoms with Crippen molar-refractivity contribution in [3.63, 3.8) is 0 Å². The van der Waals surface area contributed by atoms with E-state index in [4.69, 9.17) is 23.5 Å². The van der Waals surface area contributed by atoms with Crippen molar-refractivity contribution >= 4 is 29.7 Å². The van der Waals surface area contributed by atoms with E-state index in [2.05, 4.69) is 29.8 Å². The Labute approximate surface area is 147 Å². The van der Waals surface area contributed by atoms with E-state index in [-0.39, 0.29) is 0 Å². The Morgan fingerprint density at radius 2 is 2.04 bits per heavy atom. The molecule has 2 aromatic heterocycles. The standard InChI is InChI=1S/C18H16BN4.CHN/c1-23-17-6-11(2-3-12(17)7-18(23)19)15-5-4-13-10-21-14(9-20)8-16(13)22-15;1-2/h2-6,8,10H,7,9,20H2,1H3;1H. The molecular formula is C19H17BN5. The van der Waals surface area contributed by atoms with Gasteiger partial charge in [-0.05, 0) is 0 Å². The average molecular weight is 326 g/mol. The number of likely N-dealkylation sites (N-methyl/N-ethyl adjacent to an activating group) is 1. The zero-order valence-electron chi connectivity index (χ0n) is 14.0. The van der Waals surface area contributed by atoms with E-state index in [1.807, 2.05) is 36.3 Å². The molecule has 1 radical (unpaired) electrons. The molecule has 25 heavy (non-hydrogen) atoms. The molecule has 0 unspecified atom stereocenters. The number of nitrogens with zero attached hydrogens (tertiary/aromatic N) is 4. The topological polar surface area (TPSA) is 78.8 Å². The van der Waals surface area contributed by atoms with Crippen LogP contribution < -0.4 is 10.6 Å². The third-order valence-electron chi connectivity index (χ3n) is 4.38. The van der Waals surface area contributed by atoms with Gasteiger partial charge in [0.1, 0.15) is 0 Å². The first-order chi connectivity index (χ1) is 12.2. The fourth-order valence-corrected chi connectivity index (χ4v) is 2.98. The van der Waals surface area contributed by atoms with Crippen LogP contribution in [0.15, 0.2) is 42.6 Å². The molecule has 0 fully saturated rings. The number of pyridine rings is 2. The fraction of sp³-hybridized carbons (Fsp3) is 0.158. The van der Waals surface area contributed by atoms with Gasteiger partial charge in [-0.25, -0.2) is 5.26 Å². The van der Waals surface area contributed by atoms with E-state index in [9.17, 15) is 0 Å². The van der Waals surface area contributed by atoms with E-state index in [1.54, 1.807) is 0 Å². The second-order valence-corrected chi connectivity index (χ2v) is 5.84. The third-order valence-corrected chi connectivity index (χ3v) is 4.38. The van der Waals surface area contributed by atoms with E-state index >= 15 is 0 Å². The molecule has 0 aliphatic carbocycles. The predicted octanol–water partition coefficient (Wildman–Crippen LogP) is 2.19. The first-order valence-corrected chi connectivity index (χ1v) is 7.85. The summed E-state index contributed by atoms with van der Waals surface area (Å²) in [4.78, 5) is 11.1. The van der Waals surface area contributed by atoms with E-state index in [0.29, 0.717) is 6.54 Å². The van der Waals surface area contributed by atoms with Crippen LogP contribution in [0.4, 0.5) is 5.69 Å². The average Bonchev–Trinajstić information content (AvgIpc) is 2.96. The van der Waals surface area contributed by atoms with Crippen molar-refractivity contribution in [2.75, 3.05) is 11.9 Å². The van der Waals surface area contributed by atoms with Crippen molar-refractivity contribution in [3.05, 3.63) is 53.9 Å². The summed E-state index contributed by atoms with van der Waals surface area (Å²) >= 11 is 0. The number of benzene rings is 1. The number of nitrogens with two attached hydrogens (primary N) is 1. The van der Waals surface area contributed by atoms with Crippen LogP contribution >= 0.6 is 0 Å². The molecule has 0 saturated heterocycles. The molecule has 0 amide bonds. The molecule has 3 aromatic rings. The molecule has 6 heteroatoms. The van der Waals surface area contributed by atoms with Gasteiger partial charge >= 0.3 is 135 Å². The maximum absolute atomic E-state index is 6.50. The van der Waals surface area contributed by atoms with Gasteiger partial charge in [0.2, 0.25) is 0 Å². The molecule has 2 N–H and O–H groups in total. The van der Waals surface area contributed by atoms with Crippen LogP contribution in [0.25, 0.3) is 22.2 Å². The summed E-state index contributed by atoms with van der Waals surface area (Å²) in [7, 11) is 8.03. The summed E-state index contributed by atoms with van der Waals surface area (Å²) in [5.41, 5.74) is 12.7. The van der Waals surface area contributed by atoms with Gasteiger partial charge in [-0.3, -0.25) is 0 Å².